The Morgan fingerprint density at radius 3 is 2.58 bits per heavy atom. The molecule has 1 fully saturated rings. The van der Waals surface area contributed by atoms with E-state index in [2.05, 4.69) is 19.9 Å². The van der Waals surface area contributed by atoms with Crippen LogP contribution in [0.1, 0.15) is 31.2 Å². The lowest BCUT2D eigenvalue weighted by molar-refractivity contribution is 0.242. The van der Waals surface area contributed by atoms with Crippen LogP contribution in [-0.2, 0) is 6.54 Å². The Morgan fingerprint density at radius 1 is 1.25 bits per heavy atom. The van der Waals surface area contributed by atoms with Gasteiger partial charge in [-0.25, -0.2) is 4.39 Å². The lowest BCUT2D eigenvalue weighted by Gasteiger charge is -2.33. The summed E-state index contributed by atoms with van der Waals surface area (Å²) in [7, 11) is 1.47. The zero-order valence-electron chi connectivity index (χ0n) is 14.3. The SMILES string of the molecule is COc1ccc(CN2CCN(c3nc(C(C)C)no3)CC2)cc1F. The third kappa shape index (κ3) is 3.67. The molecule has 0 N–H and O–H groups in total. The summed E-state index contributed by atoms with van der Waals surface area (Å²) in [4.78, 5) is 8.83. The number of rotatable bonds is 5. The van der Waals surface area contributed by atoms with Gasteiger partial charge in [-0.1, -0.05) is 25.1 Å². The molecule has 7 heteroatoms. The molecule has 0 saturated carbocycles. The Balaban J connectivity index is 1.55. The standard InChI is InChI=1S/C17H23FN4O2/c1-12(2)16-19-17(24-20-16)22-8-6-21(7-9-22)11-13-4-5-15(23-3)14(18)10-13/h4-5,10,12H,6-9,11H2,1-3H3. The van der Waals surface area contributed by atoms with Crippen molar-refractivity contribution < 1.29 is 13.7 Å². The molecule has 1 aromatic carbocycles. The minimum atomic E-state index is -0.319. The van der Waals surface area contributed by atoms with Crippen LogP contribution in [0.3, 0.4) is 0 Å². The number of methoxy groups -OCH3 is 1. The lowest BCUT2D eigenvalue weighted by Crippen LogP contribution is -2.46. The highest BCUT2D eigenvalue weighted by Crippen LogP contribution is 2.21. The molecule has 6 nitrogen and oxygen atoms in total. The zero-order chi connectivity index (χ0) is 17.1. The molecule has 1 aliphatic rings. The molecule has 0 unspecified atom stereocenters. The van der Waals surface area contributed by atoms with E-state index in [0.29, 0.717) is 6.01 Å². The van der Waals surface area contributed by atoms with Crippen molar-refractivity contribution in [2.24, 2.45) is 0 Å². The normalized spacial score (nSPS) is 16.0. The van der Waals surface area contributed by atoms with Crippen LogP contribution in [0.2, 0.25) is 0 Å². The Kier molecular flexibility index (Phi) is 4.99. The maximum absolute atomic E-state index is 13.8. The second-order valence-corrected chi connectivity index (χ2v) is 6.32. The number of hydrogen-bond donors (Lipinski definition) is 0. The number of anilines is 1. The van der Waals surface area contributed by atoms with Crippen molar-refractivity contribution >= 4 is 6.01 Å². The summed E-state index contributed by atoms with van der Waals surface area (Å²) in [5, 5.41) is 4.01. The second kappa shape index (κ2) is 7.17. The van der Waals surface area contributed by atoms with Crippen molar-refractivity contribution in [3.63, 3.8) is 0 Å². The van der Waals surface area contributed by atoms with E-state index in [4.69, 9.17) is 9.26 Å². The summed E-state index contributed by atoms with van der Waals surface area (Å²) in [6.07, 6.45) is 0. The smallest absolute Gasteiger partial charge is 0.324 e. The molecular weight excluding hydrogens is 311 g/mol. The molecule has 0 atom stereocenters. The highest BCUT2D eigenvalue weighted by Gasteiger charge is 2.22. The van der Waals surface area contributed by atoms with Gasteiger partial charge in [-0.3, -0.25) is 4.90 Å². The maximum atomic E-state index is 13.8. The number of piperazine rings is 1. The van der Waals surface area contributed by atoms with E-state index in [0.717, 1.165) is 44.1 Å². The van der Waals surface area contributed by atoms with E-state index in [1.165, 1.54) is 13.2 Å². The number of benzene rings is 1. The monoisotopic (exact) mass is 334 g/mol. The van der Waals surface area contributed by atoms with Crippen LogP contribution in [0.4, 0.5) is 10.4 Å². The van der Waals surface area contributed by atoms with Crippen molar-refractivity contribution in [2.75, 3.05) is 38.2 Å². The third-order valence-corrected chi connectivity index (χ3v) is 4.21. The predicted molar refractivity (Wildman–Crippen MR) is 88.8 cm³/mol. The fourth-order valence-corrected chi connectivity index (χ4v) is 2.75. The van der Waals surface area contributed by atoms with Crippen molar-refractivity contribution in [3.8, 4) is 5.75 Å². The summed E-state index contributed by atoms with van der Waals surface area (Å²) in [5.41, 5.74) is 0.946. The number of aromatic nitrogens is 2. The van der Waals surface area contributed by atoms with Gasteiger partial charge in [-0.15, -0.1) is 0 Å². The van der Waals surface area contributed by atoms with Gasteiger partial charge in [0.05, 0.1) is 7.11 Å². The fourth-order valence-electron chi connectivity index (χ4n) is 2.75. The van der Waals surface area contributed by atoms with Crippen molar-refractivity contribution in [1.29, 1.82) is 0 Å². The number of nitrogens with zero attached hydrogens (tertiary/aromatic N) is 4. The van der Waals surface area contributed by atoms with Crippen LogP contribution in [0.25, 0.3) is 0 Å². The molecule has 1 saturated heterocycles. The van der Waals surface area contributed by atoms with Gasteiger partial charge in [0.1, 0.15) is 0 Å². The number of hydrogen-bond acceptors (Lipinski definition) is 6. The Bertz CT molecular complexity index is 681. The molecule has 0 radical (unpaired) electrons. The van der Waals surface area contributed by atoms with Crippen LogP contribution in [0, 0.1) is 5.82 Å². The van der Waals surface area contributed by atoms with Crippen LogP contribution in [0.15, 0.2) is 22.7 Å². The van der Waals surface area contributed by atoms with Gasteiger partial charge < -0.3 is 14.2 Å². The molecule has 2 aromatic rings. The highest BCUT2D eigenvalue weighted by atomic mass is 19.1. The van der Waals surface area contributed by atoms with Crippen LogP contribution < -0.4 is 9.64 Å². The lowest BCUT2D eigenvalue weighted by atomic mass is 10.2. The second-order valence-electron chi connectivity index (χ2n) is 6.32. The minimum Gasteiger partial charge on any atom is -0.494 e. The molecule has 2 heterocycles. The first kappa shape index (κ1) is 16.7. The molecule has 24 heavy (non-hydrogen) atoms. The molecule has 0 spiro atoms. The van der Waals surface area contributed by atoms with Gasteiger partial charge >= 0.3 is 6.01 Å². The first-order valence-electron chi connectivity index (χ1n) is 8.20. The summed E-state index contributed by atoms with van der Waals surface area (Å²) < 4.78 is 24.1. The number of ether oxygens (including phenoxy) is 1. The van der Waals surface area contributed by atoms with E-state index in [-0.39, 0.29) is 17.5 Å². The van der Waals surface area contributed by atoms with Crippen molar-refractivity contribution in [3.05, 3.63) is 35.4 Å². The summed E-state index contributed by atoms with van der Waals surface area (Å²) >= 11 is 0. The first-order chi connectivity index (χ1) is 11.6. The van der Waals surface area contributed by atoms with Gasteiger partial charge in [0, 0.05) is 38.6 Å². The highest BCUT2D eigenvalue weighted by molar-refractivity contribution is 5.30. The quantitative estimate of drug-likeness (QED) is 0.838. The molecule has 0 bridgehead atoms. The van der Waals surface area contributed by atoms with Crippen LogP contribution >= 0.6 is 0 Å². The fraction of sp³-hybridized carbons (Fsp3) is 0.529. The van der Waals surface area contributed by atoms with Crippen molar-refractivity contribution in [1.82, 2.24) is 15.0 Å². The molecule has 0 aliphatic carbocycles. The van der Waals surface area contributed by atoms with E-state index < -0.39 is 0 Å². The molecule has 1 aromatic heterocycles. The summed E-state index contributed by atoms with van der Waals surface area (Å²) in [6, 6.07) is 5.71. The summed E-state index contributed by atoms with van der Waals surface area (Å²) in [5.74, 6) is 0.955. The summed E-state index contributed by atoms with van der Waals surface area (Å²) in [6.45, 7) is 8.17. The first-order valence-corrected chi connectivity index (χ1v) is 8.20. The molecular formula is C17H23FN4O2. The number of halogens is 1. The molecule has 0 amide bonds. The molecule has 1 aliphatic heterocycles. The Morgan fingerprint density at radius 2 is 2.00 bits per heavy atom. The van der Waals surface area contributed by atoms with Gasteiger partial charge in [-0.2, -0.15) is 4.98 Å². The third-order valence-electron chi connectivity index (χ3n) is 4.21. The van der Waals surface area contributed by atoms with Gasteiger partial charge in [0.25, 0.3) is 0 Å². The zero-order valence-corrected chi connectivity index (χ0v) is 14.3. The van der Waals surface area contributed by atoms with Gasteiger partial charge in [-0.05, 0) is 17.7 Å². The molecule has 130 valence electrons. The average molecular weight is 334 g/mol. The van der Waals surface area contributed by atoms with Crippen molar-refractivity contribution in [2.45, 2.75) is 26.3 Å². The predicted octanol–water partition coefficient (Wildman–Crippen LogP) is 2.66. The van der Waals surface area contributed by atoms with E-state index in [1.807, 2.05) is 19.9 Å². The Labute approximate surface area is 141 Å². The Hall–Kier alpha value is -2.15. The maximum Gasteiger partial charge on any atom is 0.324 e. The van der Waals surface area contributed by atoms with E-state index in [1.54, 1.807) is 6.07 Å². The van der Waals surface area contributed by atoms with Crippen LogP contribution in [0.5, 0.6) is 5.75 Å². The topological polar surface area (TPSA) is 54.6 Å². The van der Waals surface area contributed by atoms with E-state index in [9.17, 15) is 4.39 Å². The van der Waals surface area contributed by atoms with Crippen LogP contribution in [-0.4, -0.2) is 48.3 Å². The van der Waals surface area contributed by atoms with Gasteiger partial charge in [0.2, 0.25) is 0 Å². The van der Waals surface area contributed by atoms with Gasteiger partial charge in [0.15, 0.2) is 17.4 Å². The molecule has 3 rings (SSSR count). The van der Waals surface area contributed by atoms with E-state index >= 15 is 0 Å². The largest absolute Gasteiger partial charge is 0.494 e. The minimum absolute atomic E-state index is 0.258. The average Bonchev–Trinajstić information content (AvgIpc) is 3.06.